The summed E-state index contributed by atoms with van der Waals surface area (Å²) in [4.78, 5) is 17.3. The lowest BCUT2D eigenvalue weighted by Gasteiger charge is -2.16. The van der Waals surface area contributed by atoms with Crippen LogP contribution >= 0.6 is 0 Å². The molecule has 0 saturated carbocycles. The molecule has 1 atom stereocenters. The molecule has 18 heavy (non-hydrogen) atoms. The Labute approximate surface area is 104 Å². The smallest absolute Gasteiger partial charge is 0.229 e. The molecule has 2 aromatic rings. The Hall–Kier alpha value is -2.14. The lowest BCUT2D eigenvalue weighted by Crippen LogP contribution is -2.25. The molecule has 2 heterocycles. The van der Waals surface area contributed by atoms with Crippen molar-refractivity contribution < 1.29 is 9.90 Å². The highest BCUT2D eigenvalue weighted by atomic mass is 16.3. The van der Waals surface area contributed by atoms with Gasteiger partial charge in [-0.05, 0) is 18.2 Å². The average Bonchev–Trinajstić information content (AvgIpc) is 2.99. The highest BCUT2D eigenvalue weighted by Gasteiger charge is 2.29. The summed E-state index contributed by atoms with van der Waals surface area (Å²) in [6.45, 7) is 0.367. The number of imidazole rings is 1. The summed E-state index contributed by atoms with van der Waals surface area (Å²) in [6.07, 6.45) is 4.90. The molecule has 1 aromatic carbocycles. The average molecular weight is 243 g/mol. The first-order chi connectivity index (χ1) is 8.74. The number of hydrogen-bond donors (Lipinski definition) is 1. The third kappa shape index (κ3) is 1.89. The number of β-amino-alcohol motifs (C(OH)–C–C–N with tert-alkyl or cyclic N) is 1. The zero-order valence-electron chi connectivity index (χ0n) is 9.73. The fourth-order valence-corrected chi connectivity index (χ4v) is 2.17. The Bertz CT molecular complexity index is 565. The molecule has 1 aliphatic heterocycles. The molecule has 1 aromatic heterocycles. The van der Waals surface area contributed by atoms with Gasteiger partial charge in [0.25, 0.3) is 0 Å². The Morgan fingerprint density at radius 3 is 2.83 bits per heavy atom. The molecule has 5 heteroatoms. The van der Waals surface area contributed by atoms with Gasteiger partial charge >= 0.3 is 0 Å². The van der Waals surface area contributed by atoms with E-state index in [0.29, 0.717) is 6.54 Å². The van der Waals surface area contributed by atoms with Gasteiger partial charge in [0.15, 0.2) is 0 Å². The number of hydrogen-bond acceptors (Lipinski definition) is 3. The maximum atomic E-state index is 11.7. The summed E-state index contributed by atoms with van der Waals surface area (Å²) < 4.78 is 1.88. The van der Waals surface area contributed by atoms with Crippen LogP contribution in [0.3, 0.4) is 0 Å². The first-order valence-electron chi connectivity index (χ1n) is 5.81. The normalized spacial score (nSPS) is 19.5. The molecule has 1 saturated heterocycles. The van der Waals surface area contributed by atoms with Gasteiger partial charge in [0.1, 0.15) is 0 Å². The molecule has 1 aliphatic rings. The maximum Gasteiger partial charge on any atom is 0.229 e. The standard InChI is InChI=1S/C13H13N3O2/c17-12-7-13(18)16(8-12)11-3-1-2-10(6-11)15-5-4-14-9-15/h1-6,9,12,17H,7-8H2. The van der Waals surface area contributed by atoms with Crippen LogP contribution in [0.5, 0.6) is 0 Å². The van der Waals surface area contributed by atoms with Crippen LogP contribution in [0.1, 0.15) is 6.42 Å². The molecule has 3 rings (SSSR count). The van der Waals surface area contributed by atoms with Crippen LogP contribution in [-0.2, 0) is 4.79 Å². The van der Waals surface area contributed by atoms with E-state index in [1.165, 1.54) is 0 Å². The Morgan fingerprint density at radius 1 is 1.33 bits per heavy atom. The van der Waals surface area contributed by atoms with E-state index in [0.717, 1.165) is 11.4 Å². The van der Waals surface area contributed by atoms with Crippen molar-refractivity contribution in [3.8, 4) is 5.69 Å². The number of nitrogens with zero attached hydrogens (tertiary/aromatic N) is 3. The third-order valence-electron chi connectivity index (χ3n) is 3.05. The van der Waals surface area contributed by atoms with Crippen molar-refractivity contribution in [3.05, 3.63) is 43.0 Å². The van der Waals surface area contributed by atoms with Crippen LogP contribution < -0.4 is 4.90 Å². The van der Waals surface area contributed by atoms with Crippen LogP contribution in [0.2, 0.25) is 0 Å². The molecule has 0 aliphatic carbocycles. The van der Waals surface area contributed by atoms with Crippen molar-refractivity contribution in [1.29, 1.82) is 0 Å². The van der Waals surface area contributed by atoms with Crippen molar-refractivity contribution in [1.82, 2.24) is 9.55 Å². The molecular formula is C13H13N3O2. The third-order valence-corrected chi connectivity index (χ3v) is 3.05. The van der Waals surface area contributed by atoms with E-state index >= 15 is 0 Å². The molecule has 0 radical (unpaired) electrons. The SMILES string of the molecule is O=C1CC(O)CN1c1cccc(-n2ccnc2)c1. The molecule has 0 spiro atoms. The summed E-state index contributed by atoms with van der Waals surface area (Å²) in [5.41, 5.74) is 1.75. The van der Waals surface area contributed by atoms with E-state index in [1.807, 2.05) is 35.0 Å². The summed E-state index contributed by atoms with van der Waals surface area (Å²) >= 11 is 0. The van der Waals surface area contributed by atoms with Crippen LogP contribution in [0.4, 0.5) is 5.69 Å². The molecule has 1 N–H and O–H groups in total. The minimum absolute atomic E-state index is 0.0368. The highest BCUT2D eigenvalue weighted by molar-refractivity contribution is 5.96. The summed E-state index contributed by atoms with van der Waals surface area (Å²) in [7, 11) is 0. The maximum absolute atomic E-state index is 11.7. The fraction of sp³-hybridized carbons (Fsp3) is 0.231. The number of carbonyl (C=O) groups excluding carboxylic acids is 1. The first kappa shape index (κ1) is 11.0. The van der Waals surface area contributed by atoms with Crippen molar-refractivity contribution in [2.24, 2.45) is 0 Å². The molecule has 5 nitrogen and oxygen atoms in total. The van der Waals surface area contributed by atoms with Crippen LogP contribution in [0.15, 0.2) is 43.0 Å². The summed E-state index contributed by atoms with van der Waals surface area (Å²) in [5, 5.41) is 9.51. The summed E-state index contributed by atoms with van der Waals surface area (Å²) in [5.74, 6) is -0.0368. The first-order valence-corrected chi connectivity index (χ1v) is 5.81. The number of carbonyl (C=O) groups is 1. The highest BCUT2D eigenvalue weighted by Crippen LogP contribution is 2.23. The number of anilines is 1. The Balaban J connectivity index is 1.94. The topological polar surface area (TPSA) is 58.4 Å². The van der Waals surface area contributed by atoms with Crippen LogP contribution in [-0.4, -0.2) is 33.2 Å². The molecule has 1 unspecified atom stereocenters. The van der Waals surface area contributed by atoms with E-state index < -0.39 is 6.10 Å². The second-order valence-electron chi connectivity index (χ2n) is 4.35. The summed E-state index contributed by atoms with van der Waals surface area (Å²) in [6, 6.07) is 7.62. The number of rotatable bonds is 2. The Kier molecular flexibility index (Phi) is 2.60. The number of aliphatic hydroxyl groups is 1. The molecule has 1 fully saturated rings. The minimum atomic E-state index is -0.561. The van der Waals surface area contributed by atoms with Gasteiger partial charge in [0.05, 0.1) is 25.4 Å². The molecule has 0 bridgehead atoms. The van der Waals surface area contributed by atoms with Crippen molar-refractivity contribution in [2.75, 3.05) is 11.4 Å². The lowest BCUT2D eigenvalue weighted by molar-refractivity contribution is -0.117. The largest absolute Gasteiger partial charge is 0.391 e. The van der Waals surface area contributed by atoms with Gasteiger partial charge in [0, 0.05) is 23.8 Å². The number of benzene rings is 1. The minimum Gasteiger partial charge on any atom is -0.391 e. The molecule has 92 valence electrons. The second-order valence-corrected chi connectivity index (χ2v) is 4.35. The number of aromatic nitrogens is 2. The van der Waals surface area contributed by atoms with Gasteiger partial charge in [-0.15, -0.1) is 0 Å². The van der Waals surface area contributed by atoms with Crippen LogP contribution in [0.25, 0.3) is 5.69 Å². The van der Waals surface area contributed by atoms with Crippen molar-refractivity contribution in [3.63, 3.8) is 0 Å². The van der Waals surface area contributed by atoms with Gasteiger partial charge in [-0.1, -0.05) is 6.07 Å². The van der Waals surface area contributed by atoms with Crippen LogP contribution in [0, 0.1) is 0 Å². The quantitative estimate of drug-likeness (QED) is 0.855. The Morgan fingerprint density at radius 2 is 2.17 bits per heavy atom. The monoisotopic (exact) mass is 243 g/mol. The molecular weight excluding hydrogens is 230 g/mol. The van der Waals surface area contributed by atoms with E-state index in [9.17, 15) is 9.90 Å². The van der Waals surface area contributed by atoms with E-state index in [4.69, 9.17) is 0 Å². The lowest BCUT2D eigenvalue weighted by atomic mass is 10.2. The van der Waals surface area contributed by atoms with Gasteiger partial charge in [-0.2, -0.15) is 0 Å². The zero-order valence-corrected chi connectivity index (χ0v) is 9.73. The zero-order chi connectivity index (χ0) is 12.5. The van der Waals surface area contributed by atoms with Crippen molar-refractivity contribution in [2.45, 2.75) is 12.5 Å². The van der Waals surface area contributed by atoms with Gasteiger partial charge < -0.3 is 14.6 Å². The van der Waals surface area contributed by atoms with E-state index in [2.05, 4.69) is 4.98 Å². The van der Waals surface area contributed by atoms with Gasteiger partial charge in [-0.25, -0.2) is 4.98 Å². The second kappa shape index (κ2) is 4.27. The number of amides is 1. The predicted molar refractivity (Wildman–Crippen MR) is 66.5 cm³/mol. The van der Waals surface area contributed by atoms with E-state index in [-0.39, 0.29) is 12.3 Å². The number of aliphatic hydroxyl groups excluding tert-OH is 1. The van der Waals surface area contributed by atoms with E-state index in [1.54, 1.807) is 17.4 Å². The van der Waals surface area contributed by atoms with Gasteiger partial charge in [-0.3, -0.25) is 4.79 Å². The molecule has 1 amide bonds. The fourth-order valence-electron chi connectivity index (χ4n) is 2.17. The predicted octanol–water partition coefficient (Wildman–Crippen LogP) is 0.970. The van der Waals surface area contributed by atoms with Crippen molar-refractivity contribution >= 4 is 11.6 Å². The van der Waals surface area contributed by atoms with Gasteiger partial charge in [0.2, 0.25) is 5.91 Å².